The lowest BCUT2D eigenvalue weighted by Crippen LogP contribution is -2.17. The molecule has 0 saturated heterocycles. The fourth-order valence-electron chi connectivity index (χ4n) is 1.30. The highest BCUT2D eigenvalue weighted by molar-refractivity contribution is 7.99. The molecule has 1 aromatic carbocycles. The minimum atomic E-state index is -0.922. The van der Waals surface area contributed by atoms with Crippen LogP contribution in [-0.4, -0.2) is 29.0 Å². The summed E-state index contributed by atoms with van der Waals surface area (Å²) in [7, 11) is 3.53. The van der Waals surface area contributed by atoms with Gasteiger partial charge in [0, 0.05) is 19.0 Å². The third-order valence-corrected chi connectivity index (χ3v) is 3.09. The number of nitrogens with zero attached hydrogens (tertiary/aromatic N) is 4. The van der Waals surface area contributed by atoms with Gasteiger partial charge in [-0.1, -0.05) is 0 Å². The van der Waals surface area contributed by atoms with Crippen LogP contribution < -0.4 is 16.2 Å². The molecule has 0 aliphatic carbocycles. The predicted molar refractivity (Wildman–Crippen MR) is 72.4 cm³/mol. The molecule has 6 nitrogen and oxygen atoms in total. The van der Waals surface area contributed by atoms with Crippen LogP contribution in [0.1, 0.15) is 0 Å². The van der Waals surface area contributed by atoms with Crippen LogP contribution in [0.4, 0.5) is 20.7 Å². The Morgan fingerprint density at radius 2 is 1.90 bits per heavy atom. The Morgan fingerprint density at radius 1 is 1.15 bits per heavy atom. The van der Waals surface area contributed by atoms with E-state index >= 15 is 0 Å². The molecule has 1 heterocycles. The van der Waals surface area contributed by atoms with Crippen molar-refractivity contribution in [2.75, 3.05) is 24.4 Å². The van der Waals surface area contributed by atoms with E-state index in [1.165, 1.54) is 6.07 Å². The number of anilines is 2. The zero-order chi connectivity index (χ0) is 14.7. The van der Waals surface area contributed by atoms with Crippen molar-refractivity contribution in [3.05, 3.63) is 29.8 Å². The van der Waals surface area contributed by atoms with Gasteiger partial charge in [-0.3, -0.25) is 5.43 Å². The Bertz CT molecular complexity index is 622. The first-order valence-electron chi connectivity index (χ1n) is 5.52. The topological polar surface area (TPSA) is 80.0 Å². The molecule has 0 unspecified atom stereocenters. The first-order chi connectivity index (χ1) is 9.49. The van der Waals surface area contributed by atoms with E-state index in [0.717, 1.165) is 23.9 Å². The minimum Gasteiger partial charge on any atom is -0.347 e. The summed E-state index contributed by atoms with van der Waals surface area (Å²) in [6, 6.07) is 3.57. The first kappa shape index (κ1) is 14.4. The molecule has 0 atom stereocenters. The molecule has 1 aromatic heterocycles. The van der Waals surface area contributed by atoms with Crippen LogP contribution in [0.5, 0.6) is 0 Å². The zero-order valence-electron chi connectivity index (χ0n) is 10.8. The molecule has 20 heavy (non-hydrogen) atoms. The number of nitrogens with one attached hydrogen (secondary N) is 1. The Hall–Kier alpha value is -2.00. The van der Waals surface area contributed by atoms with Crippen molar-refractivity contribution in [3.63, 3.8) is 0 Å². The van der Waals surface area contributed by atoms with E-state index in [4.69, 9.17) is 5.84 Å². The van der Waals surface area contributed by atoms with E-state index in [0.29, 0.717) is 16.0 Å². The molecule has 3 N–H and O–H groups in total. The largest absolute Gasteiger partial charge is 0.347 e. The number of rotatable bonds is 4. The highest BCUT2D eigenvalue weighted by Gasteiger charge is 2.10. The molecule has 0 radical (unpaired) electrons. The molecular formula is C11H12F2N6S. The van der Waals surface area contributed by atoms with Crippen LogP contribution in [0, 0.1) is 11.6 Å². The van der Waals surface area contributed by atoms with Gasteiger partial charge in [0.1, 0.15) is 0 Å². The standard InChI is InChI=1S/C11H12F2N6S/c1-19(2)10-15-9(18-14)16-11(17-10)20-6-3-4-7(12)8(13)5-6/h3-5H,14H2,1-2H3,(H,15,16,17,18). The third kappa shape index (κ3) is 3.31. The zero-order valence-corrected chi connectivity index (χ0v) is 11.6. The molecule has 0 fully saturated rings. The second-order valence-corrected chi connectivity index (χ2v) is 5.00. The lowest BCUT2D eigenvalue weighted by molar-refractivity contribution is 0.506. The van der Waals surface area contributed by atoms with E-state index in [9.17, 15) is 8.78 Å². The summed E-state index contributed by atoms with van der Waals surface area (Å²) in [5, 5.41) is 0.322. The summed E-state index contributed by atoms with van der Waals surface area (Å²) < 4.78 is 26.0. The number of nitrogen functional groups attached to an aromatic ring is 1. The molecule has 0 aliphatic rings. The highest BCUT2D eigenvalue weighted by atomic mass is 32.2. The summed E-state index contributed by atoms with van der Waals surface area (Å²) >= 11 is 1.08. The van der Waals surface area contributed by atoms with Crippen molar-refractivity contribution in [1.82, 2.24) is 15.0 Å². The second-order valence-electron chi connectivity index (χ2n) is 3.96. The number of benzene rings is 1. The van der Waals surface area contributed by atoms with Crippen molar-refractivity contribution >= 4 is 23.7 Å². The molecule has 9 heteroatoms. The van der Waals surface area contributed by atoms with Crippen molar-refractivity contribution < 1.29 is 8.78 Å². The number of hydrogen-bond acceptors (Lipinski definition) is 7. The average molecular weight is 298 g/mol. The Balaban J connectivity index is 2.32. The van der Waals surface area contributed by atoms with Crippen molar-refractivity contribution in [2.24, 2.45) is 5.84 Å². The predicted octanol–water partition coefficient (Wildman–Crippen LogP) is 1.65. The number of hydrogen-bond donors (Lipinski definition) is 2. The summed E-state index contributed by atoms with van der Waals surface area (Å²) in [4.78, 5) is 14.4. The smallest absolute Gasteiger partial charge is 0.242 e. The number of halogens is 2. The van der Waals surface area contributed by atoms with Gasteiger partial charge in [0.05, 0.1) is 0 Å². The first-order valence-corrected chi connectivity index (χ1v) is 6.34. The fourth-order valence-corrected chi connectivity index (χ4v) is 2.07. The Morgan fingerprint density at radius 3 is 2.50 bits per heavy atom. The average Bonchev–Trinajstić information content (AvgIpc) is 2.42. The molecule has 106 valence electrons. The van der Waals surface area contributed by atoms with E-state index in [1.807, 2.05) is 0 Å². The number of nitrogens with two attached hydrogens (primary N) is 1. The van der Waals surface area contributed by atoms with Crippen LogP contribution in [0.3, 0.4) is 0 Å². The lowest BCUT2D eigenvalue weighted by atomic mass is 10.3. The van der Waals surface area contributed by atoms with Gasteiger partial charge < -0.3 is 4.90 Å². The minimum absolute atomic E-state index is 0.189. The summed E-state index contributed by atoms with van der Waals surface area (Å²) in [6.07, 6.45) is 0. The summed E-state index contributed by atoms with van der Waals surface area (Å²) in [5.74, 6) is 4.05. The maximum absolute atomic E-state index is 13.2. The number of aromatic nitrogens is 3. The molecule has 0 bridgehead atoms. The van der Waals surface area contributed by atoms with Crippen LogP contribution in [0.2, 0.25) is 0 Å². The van der Waals surface area contributed by atoms with E-state index in [2.05, 4.69) is 20.4 Å². The van der Waals surface area contributed by atoms with Gasteiger partial charge >= 0.3 is 0 Å². The van der Waals surface area contributed by atoms with Crippen molar-refractivity contribution in [2.45, 2.75) is 10.1 Å². The maximum Gasteiger partial charge on any atom is 0.242 e. The van der Waals surface area contributed by atoms with Gasteiger partial charge in [-0.25, -0.2) is 14.6 Å². The van der Waals surface area contributed by atoms with Crippen LogP contribution in [-0.2, 0) is 0 Å². The van der Waals surface area contributed by atoms with Gasteiger partial charge in [0.15, 0.2) is 16.8 Å². The summed E-state index contributed by atoms with van der Waals surface area (Å²) in [6.45, 7) is 0. The molecule has 2 aromatic rings. The number of hydrazine groups is 1. The molecule has 0 spiro atoms. The second kappa shape index (κ2) is 5.97. The molecular weight excluding hydrogens is 286 g/mol. The van der Waals surface area contributed by atoms with Gasteiger partial charge in [-0.15, -0.1) is 0 Å². The quantitative estimate of drug-likeness (QED) is 0.656. The summed E-state index contributed by atoms with van der Waals surface area (Å²) in [5.41, 5.74) is 2.33. The van der Waals surface area contributed by atoms with Crippen LogP contribution in [0.25, 0.3) is 0 Å². The van der Waals surface area contributed by atoms with Gasteiger partial charge in [0.25, 0.3) is 0 Å². The maximum atomic E-state index is 13.2. The monoisotopic (exact) mass is 298 g/mol. The van der Waals surface area contributed by atoms with Crippen LogP contribution in [0.15, 0.2) is 28.3 Å². The highest BCUT2D eigenvalue weighted by Crippen LogP contribution is 2.27. The Labute approximate surface area is 118 Å². The van der Waals surface area contributed by atoms with E-state index in [-0.39, 0.29) is 5.95 Å². The van der Waals surface area contributed by atoms with E-state index in [1.54, 1.807) is 19.0 Å². The molecule has 0 amide bonds. The lowest BCUT2D eigenvalue weighted by Gasteiger charge is -2.12. The van der Waals surface area contributed by atoms with Crippen LogP contribution >= 0.6 is 11.8 Å². The van der Waals surface area contributed by atoms with Gasteiger partial charge in [-0.2, -0.15) is 15.0 Å². The third-order valence-electron chi connectivity index (χ3n) is 2.23. The van der Waals surface area contributed by atoms with Gasteiger partial charge in [-0.05, 0) is 30.0 Å². The molecule has 2 rings (SSSR count). The normalized spacial score (nSPS) is 10.4. The SMILES string of the molecule is CN(C)c1nc(NN)nc(Sc2ccc(F)c(F)c2)n1. The van der Waals surface area contributed by atoms with E-state index < -0.39 is 11.6 Å². The molecule has 0 saturated carbocycles. The Kier molecular flexibility index (Phi) is 4.30. The fraction of sp³-hybridized carbons (Fsp3) is 0.182. The molecule has 0 aliphatic heterocycles. The van der Waals surface area contributed by atoms with Crippen molar-refractivity contribution in [1.29, 1.82) is 0 Å². The van der Waals surface area contributed by atoms with Crippen molar-refractivity contribution in [3.8, 4) is 0 Å². The van der Waals surface area contributed by atoms with Gasteiger partial charge in [0.2, 0.25) is 11.9 Å².